The quantitative estimate of drug-likeness (QED) is 0.712. The van der Waals surface area contributed by atoms with Gasteiger partial charge in [-0.05, 0) is 62.4 Å². The van der Waals surface area contributed by atoms with Gasteiger partial charge in [0.25, 0.3) is 0 Å². The van der Waals surface area contributed by atoms with Crippen LogP contribution in [0, 0.1) is 0 Å². The van der Waals surface area contributed by atoms with Crippen molar-refractivity contribution >= 4 is 24.8 Å². The maximum atomic E-state index is 12.5. The van der Waals surface area contributed by atoms with Gasteiger partial charge in [0.05, 0.1) is 6.10 Å². The van der Waals surface area contributed by atoms with E-state index in [4.69, 9.17) is 20.9 Å². The van der Waals surface area contributed by atoms with Crippen molar-refractivity contribution < 1.29 is 13.8 Å². The number of benzene rings is 2. The highest BCUT2D eigenvalue weighted by Gasteiger charge is 2.17. The van der Waals surface area contributed by atoms with E-state index in [0.29, 0.717) is 16.5 Å². The summed E-state index contributed by atoms with van der Waals surface area (Å²) in [4.78, 5) is 0. The minimum Gasteiger partial charge on any atom is -0.491 e. The molecule has 0 saturated carbocycles. The minimum atomic E-state index is -3.03. The number of ether oxygens (including phenoxy) is 1. The van der Waals surface area contributed by atoms with Crippen LogP contribution in [-0.4, -0.2) is 12.8 Å². The van der Waals surface area contributed by atoms with Crippen LogP contribution in [0.25, 0.3) is 0 Å². The molecule has 0 aliphatic heterocycles. The Labute approximate surface area is 135 Å². The van der Waals surface area contributed by atoms with Gasteiger partial charge in [-0.25, -0.2) is 0 Å². The van der Waals surface area contributed by atoms with Crippen LogP contribution in [0.2, 0.25) is 5.02 Å². The molecular weight excluding hydrogens is 321 g/mol. The van der Waals surface area contributed by atoms with Gasteiger partial charge in [-0.3, -0.25) is 4.57 Å². The second-order valence-corrected chi connectivity index (χ2v) is 7.73. The first-order valence-electron chi connectivity index (χ1n) is 6.92. The summed E-state index contributed by atoms with van der Waals surface area (Å²) in [5.74, 6) is 1.27. The van der Waals surface area contributed by atoms with E-state index in [9.17, 15) is 4.57 Å². The standard InChI is InChI=1S/C16H19ClNO3P/c1-12(2)20-15-10-6-14(7-11-15)18-22(3,19)21-16-8-4-13(17)5-9-16/h4-12H,1-3H3,(H,18,19)/t22-/m1/s1. The van der Waals surface area contributed by atoms with Crippen LogP contribution in [0.5, 0.6) is 11.5 Å². The summed E-state index contributed by atoms with van der Waals surface area (Å²) < 4.78 is 23.6. The minimum absolute atomic E-state index is 0.115. The zero-order valence-corrected chi connectivity index (χ0v) is 14.4. The van der Waals surface area contributed by atoms with Crippen LogP contribution in [0.3, 0.4) is 0 Å². The van der Waals surface area contributed by atoms with Crippen molar-refractivity contribution in [1.82, 2.24) is 0 Å². The molecule has 2 aromatic carbocycles. The van der Waals surface area contributed by atoms with Crippen LogP contribution >= 0.6 is 19.1 Å². The second-order valence-electron chi connectivity index (χ2n) is 5.19. The topological polar surface area (TPSA) is 47.6 Å². The Morgan fingerprint density at radius 1 is 1.00 bits per heavy atom. The first-order chi connectivity index (χ1) is 10.3. The van der Waals surface area contributed by atoms with Gasteiger partial charge in [0.15, 0.2) is 0 Å². The molecule has 0 unspecified atom stereocenters. The molecule has 0 spiro atoms. The highest BCUT2D eigenvalue weighted by atomic mass is 35.5. The summed E-state index contributed by atoms with van der Waals surface area (Å²) in [6.45, 7) is 5.46. The maximum absolute atomic E-state index is 12.5. The maximum Gasteiger partial charge on any atom is 0.338 e. The van der Waals surface area contributed by atoms with Crippen LogP contribution < -0.4 is 14.3 Å². The van der Waals surface area contributed by atoms with Crippen molar-refractivity contribution in [2.24, 2.45) is 0 Å². The summed E-state index contributed by atoms with van der Waals surface area (Å²) in [5.41, 5.74) is 0.705. The molecule has 0 radical (unpaired) electrons. The molecule has 2 rings (SSSR count). The fourth-order valence-electron chi connectivity index (χ4n) is 1.83. The highest BCUT2D eigenvalue weighted by Crippen LogP contribution is 2.43. The Kier molecular flexibility index (Phi) is 5.38. The Bertz CT molecular complexity index is 656. The van der Waals surface area contributed by atoms with Gasteiger partial charge in [0.1, 0.15) is 11.5 Å². The third kappa shape index (κ3) is 5.28. The number of hydrogen-bond donors (Lipinski definition) is 1. The molecule has 22 heavy (non-hydrogen) atoms. The third-order valence-electron chi connectivity index (χ3n) is 2.65. The first kappa shape index (κ1) is 16.7. The average Bonchev–Trinajstić information content (AvgIpc) is 2.42. The molecule has 0 aliphatic rings. The van der Waals surface area contributed by atoms with Gasteiger partial charge in [-0.1, -0.05) is 11.6 Å². The van der Waals surface area contributed by atoms with Crippen molar-refractivity contribution in [3.8, 4) is 11.5 Å². The predicted octanol–water partition coefficient (Wildman–Crippen LogP) is 5.44. The lowest BCUT2D eigenvalue weighted by atomic mass is 10.3. The lowest BCUT2D eigenvalue weighted by Gasteiger charge is -2.18. The molecule has 0 bridgehead atoms. The molecule has 0 heterocycles. The zero-order chi connectivity index (χ0) is 16.2. The van der Waals surface area contributed by atoms with Gasteiger partial charge >= 0.3 is 7.52 Å². The van der Waals surface area contributed by atoms with Gasteiger partial charge in [-0.15, -0.1) is 0 Å². The molecule has 6 heteroatoms. The van der Waals surface area contributed by atoms with Crippen LogP contribution in [0.1, 0.15) is 13.8 Å². The Hall–Kier alpha value is -1.64. The SMILES string of the molecule is CC(C)Oc1ccc(N[P@](C)(=O)Oc2ccc(Cl)cc2)cc1. The van der Waals surface area contributed by atoms with Crippen LogP contribution in [-0.2, 0) is 4.57 Å². The molecule has 0 aliphatic carbocycles. The molecule has 0 amide bonds. The number of nitrogens with one attached hydrogen (secondary N) is 1. The van der Waals surface area contributed by atoms with Crippen LogP contribution in [0.4, 0.5) is 5.69 Å². The summed E-state index contributed by atoms with van der Waals surface area (Å²) in [5, 5.41) is 3.51. The van der Waals surface area contributed by atoms with Gasteiger partial charge in [-0.2, -0.15) is 0 Å². The Morgan fingerprint density at radius 2 is 1.55 bits per heavy atom. The molecule has 1 atom stereocenters. The van der Waals surface area contributed by atoms with E-state index < -0.39 is 7.52 Å². The molecular formula is C16H19ClNO3P. The van der Waals surface area contributed by atoms with E-state index >= 15 is 0 Å². The highest BCUT2D eigenvalue weighted by molar-refractivity contribution is 7.60. The summed E-state index contributed by atoms with van der Waals surface area (Å²) >= 11 is 5.81. The number of halogens is 1. The lowest BCUT2D eigenvalue weighted by Crippen LogP contribution is -2.05. The normalized spacial score (nSPS) is 13.5. The van der Waals surface area contributed by atoms with E-state index in [1.807, 2.05) is 26.0 Å². The van der Waals surface area contributed by atoms with Crippen molar-refractivity contribution in [2.75, 3.05) is 11.8 Å². The predicted molar refractivity (Wildman–Crippen MR) is 91.4 cm³/mol. The smallest absolute Gasteiger partial charge is 0.338 e. The largest absolute Gasteiger partial charge is 0.491 e. The van der Waals surface area contributed by atoms with E-state index in [1.54, 1.807) is 36.4 Å². The molecule has 118 valence electrons. The van der Waals surface area contributed by atoms with Crippen molar-refractivity contribution in [1.29, 1.82) is 0 Å². The van der Waals surface area contributed by atoms with Gasteiger partial charge in [0, 0.05) is 17.4 Å². The second kappa shape index (κ2) is 7.08. The van der Waals surface area contributed by atoms with Crippen molar-refractivity contribution in [2.45, 2.75) is 20.0 Å². The molecule has 2 aromatic rings. The van der Waals surface area contributed by atoms with Crippen molar-refractivity contribution in [3.63, 3.8) is 0 Å². The lowest BCUT2D eigenvalue weighted by molar-refractivity contribution is 0.242. The Balaban J connectivity index is 2.01. The summed E-state index contributed by atoms with van der Waals surface area (Å²) in [6, 6.07) is 14.0. The number of hydrogen-bond acceptors (Lipinski definition) is 3. The fraction of sp³-hybridized carbons (Fsp3) is 0.250. The van der Waals surface area contributed by atoms with Crippen molar-refractivity contribution in [3.05, 3.63) is 53.6 Å². The summed E-state index contributed by atoms with van der Waals surface area (Å²) in [6.07, 6.45) is 0.115. The number of anilines is 1. The van der Waals surface area contributed by atoms with E-state index in [2.05, 4.69) is 5.09 Å². The molecule has 4 nitrogen and oxygen atoms in total. The molecule has 0 fully saturated rings. The monoisotopic (exact) mass is 339 g/mol. The number of rotatable bonds is 6. The van der Waals surface area contributed by atoms with E-state index in [1.165, 1.54) is 6.66 Å². The first-order valence-corrected chi connectivity index (χ1v) is 9.37. The van der Waals surface area contributed by atoms with Gasteiger partial charge < -0.3 is 14.3 Å². The van der Waals surface area contributed by atoms with E-state index in [-0.39, 0.29) is 6.10 Å². The zero-order valence-electron chi connectivity index (χ0n) is 12.7. The molecule has 0 saturated heterocycles. The fourth-order valence-corrected chi connectivity index (χ4v) is 3.15. The average molecular weight is 340 g/mol. The summed E-state index contributed by atoms with van der Waals surface area (Å²) in [7, 11) is -3.03. The van der Waals surface area contributed by atoms with E-state index in [0.717, 1.165) is 5.75 Å². The molecule has 1 N–H and O–H groups in total. The Morgan fingerprint density at radius 3 is 2.09 bits per heavy atom. The van der Waals surface area contributed by atoms with Gasteiger partial charge in [0.2, 0.25) is 0 Å². The molecule has 0 aromatic heterocycles. The van der Waals surface area contributed by atoms with Crippen LogP contribution in [0.15, 0.2) is 48.5 Å². The third-order valence-corrected chi connectivity index (χ3v) is 4.13.